The Morgan fingerprint density at radius 3 is 2.47 bits per heavy atom. The predicted octanol–water partition coefficient (Wildman–Crippen LogP) is 2.01. The normalized spacial score (nSPS) is 11.7. The molecule has 1 N–H and O–H groups in total. The molecule has 0 aliphatic carbocycles. The molecule has 0 spiro atoms. The number of likely N-dealkylation sites (N-methyl/N-ethyl adjacent to an activating group) is 1. The second kappa shape index (κ2) is 7.13. The van der Waals surface area contributed by atoms with Gasteiger partial charge in [-0.1, -0.05) is 22.9 Å². The third-order valence-electron chi connectivity index (χ3n) is 2.57. The Hall–Kier alpha value is -1.56. The smallest absolute Gasteiger partial charge is 0.308 e. The molecule has 1 rings (SSSR count). The zero-order valence-corrected chi connectivity index (χ0v) is 12.4. The molecule has 19 heavy (non-hydrogen) atoms. The average Bonchev–Trinajstić information content (AvgIpc) is 2.37. The number of carbonyl (C=O) groups excluding carboxylic acids is 1. The van der Waals surface area contributed by atoms with Gasteiger partial charge in [-0.3, -0.25) is 9.59 Å². The van der Waals surface area contributed by atoms with Gasteiger partial charge in [-0.25, -0.2) is 0 Å². The summed E-state index contributed by atoms with van der Waals surface area (Å²) in [6, 6.07) is 7.13. The topological polar surface area (TPSA) is 66.8 Å². The molecular formula is C13H16BrNO4. The largest absolute Gasteiger partial charge is 0.484 e. The van der Waals surface area contributed by atoms with Crippen molar-refractivity contribution < 1.29 is 19.4 Å². The highest BCUT2D eigenvalue weighted by molar-refractivity contribution is 9.10. The Balaban J connectivity index is 2.42. The van der Waals surface area contributed by atoms with Crippen molar-refractivity contribution in [2.45, 2.75) is 6.92 Å². The average molecular weight is 330 g/mol. The van der Waals surface area contributed by atoms with Crippen molar-refractivity contribution in [3.8, 4) is 5.75 Å². The molecule has 1 unspecified atom stereocenters. The fourth-order valence-electron chi connectivity index (χ4n) is 1.38. The van der Waals surface area contributed by atoms with Crippen molar-refractivity contribution in [3.05, 3.63) is 28.7 Å². The lowest BCUT2D eigenvalue weighted by molar-refractivity contribution is -0.143. The van der Waals surface area contributed by atoms with E-state index in [9.17, 15) is 9.59 Å². The number of aliphatic carboxylic acids is 1. The van der Waals surface area contributed by atoms with E-state index in [2.05, 4.69) is 15.9 Å². The van der Waals surface area contributed by atoms with Crippen LogP contribution >= 0.6 is 15.9 Å². The van der Waals surface area contributed by atoms with E-state index >= 15 is 0 Å². The molecule has 0 fully saturated rings. The lowest BCUT2D eigenvalue weighted by Gasteiger charge is -2.19. The second-order valence-corrected chi connectivity index (χ2v) is 5.17. The maximum atomic E-state index is 11.7. The lowest BCUT2D eigenvalue weighted by atomic mass is 10.2. The number of nitrogens with zero attached hydrogens (tertiary/aromatic N) is 1. The lowest BCUT2D eigenvalue weighted by Crippen LogP contribution is -2.36. The highest BCUT2D eigenvalue weighted by Crippen LogP contribution is 2.16. The fourth-order valence-corrected chi connectivity index (χ4v) is 1.64. The third kappa shape index (κ3) is 5.30. The zero-order valence-electron chi connectivity index (χ0n) is 10.8. The Bertz CT molecular complexity index is 446. The van der Waals surface area contributed by atoms with Crippen molar-refractivity contribution in [2.24, 2.45) is 5.92 Å². The van der Waals surface area contributed by atoms with Crippen LogP contribution in [0.2, 0.25) is 0 Å². The van der Waals surface area contributed by atoms with Crippen LogP contribution in [0.4, 0.5) is 0 Å². The molecular weight excluding hydrogens is 314 g/mol. The van der Waals surface area contributed by atoms with E-state index in [1.54, 1.807) is 26.1 Å². The van der Waals surface area contributed by atoms with Crippen LogP contribution in [0.1, 0.15) is 6.92 Å². The standard InChI is InChI=1S/C13H16BrNO4/c1-9(13(17)18)7-15(2)12(16)8-19-11-5-3-10(14)4-6-11/h3-6,9H,7-8H2,1-2H3,(H,17,18). The van der Waals surface area contributed by atoms with Crippen LogP contribution in [0.3, 0.4) is 0 Å². The Kier molecular flexibility index (Phi) is 5.82. The quantitative estimate of drug-likeness (QED) is 0.866. The van der Waals surface area contributed by atoms with Crippen LogP contribution < -0.4 is 4.74 Å². The maximum absolute atomic E-state index is 11.7. The SMILES string of the molecule is CC(CN(C)C(=O)COc1ccc(Br)cc1)C(=O)O. The third-order valence-corrected chi connectivity index (χ3v) is 3.10. The first-order chi connectivity index (χ1) is 8.90. The molecule has 0 saturated carbocycles. The van der Waals surface area contributed by atoms with Gasteiger partial charge in [0.15, 0.2) is 6.61 Å². The Morgan fingerprint density at radius 1 is 1.37 bits per heavy atom. The van der Waals surface area contributed by atoms with Gasteiger partial charge in [0.2, 0.25) is 0 Å². The number of benzene rings is 1. The number of carbonyl (C=O) groups is 2. The molecule has 0 bridgehead atoms. The minimum Gasteiger partial charge on any atom is -0.484 e. The van der Waals surface area contributed by atoms with Crippen LogP contribution in [0.5, 0.6) is 5.75 Å². The van der Waals surface area contributed by atoms with Gasteiger partial charge >= 0.3 is 5.97 Å². The monoisotopic (exact) mass is 329 g/mol. The first-order valence-electron chi connectivity index (χ1n) is 5.75. The van der Waals surface area contributed by atoms with Gasteiger partial charge in [-0.15, -0.1) is 0 Å². The number of hydrogen-bond acceptors (Lipinski definition) is 3. The van der Waals surface area contributed by atoms with E-state index in [4.69, 9.17) is 9.84 Å². The minimum absolute atomic E-state index is 0.107. The second-order valence-electron chi connectivity index (χ2n) is 4.26. The van der Waals surface area contributed by atoms with Gasteiger partial charge in [0.1, 0.15) is 5.75 Å². The van der Waals surface area contributed by atoms with E-state index in [1.807, 2.05) is 12.1 Å². The molecule has 0 heterocycles. The highest BCUT2D eigenvalue weighted by atomic mass is 79.9. The van der Waals surface area contributed by atoms with E-state index < -0.39 is 11.9 Å². The molecule has 0 aliphatic heterocycles. The summed E-state index contributed by atoms with van der Waals surface area (Å²) in [5.74, 6) is -1.18. The molecule has 1 aromatic rings. The highest BCUT2D eigenvalue weighted by Gasteiger charge is 2.17. The van der Waals surface area contributed by atoms with Crippen molar-refractivity contribution in [1.82, 2.24) is 4.90 Å². The van der Waals surface area contributed by atoms with E-state index in [-0.39, 0.29) is 19.1 Å². The van der Waals surface area contributed by atoms with E-state index in [1.165, 1.54) is 4.90 Å². The number of halogens is 1. The van der Waals surface area contributed by atoms with Crippen LogP contribution in [0.15, 0.2) is 28.7 Å². The van der Waals surface area contributed by atoms with E-state index in [0.717, 1.165) is 4.47 Å². The van der Waals surface area contributed by atoms with Crippen LogP contribution in [0, 0.1) is 5.92 Å². The predicted molar refractivity (Wildman–Crippen MR) is 74.1 cm³/mol. The summed E-state index contributed by atoms with van der Waals surface area (Å²) in [6.45, 7) is 1.62. The number of carboxylic acids is 1. The summed E-state index contributed by atoms with van der Waals surface area (Å²) in [5.41, 5.74) is 0. The van der Waals surface area contributed by atoms with Crippen molar-refractivity contribution in [2.75, 3.05) is 20.2 Å². The molecule has 1 atom stereocenters. The summed E-state index contributed by atoms with van der Waals surface area (Å²) in [4.78, 5) is 23.8. The molecule has 1 amide bonds. The number of carboxylic acid groups (broad SMARTS) is 1. The van der Waals surface area contributed by atoms with Crippen molar-refractivity contribution >= 4 is 27.8 Å². The number of rotatable bonds is 6. The summed E-state index contributed by atoms with van der Waals surface area (Å²) < 4.78 is 6.26. The van der Waals surface area contributed by atoms with Gasteiger partial charge in [0.25, 0.3) is 5.91 Å². The summed E-state index contributed by atoms with van der Waals surface area (Å²) in [7, 11) is 1.56. The molecule has 1 aromatic carbocycles. The molecule has 0 aromatic heterocycles. The zero-order chi connectivity index (χ0) is 14.4. The van der Waals surface area contributed by atoms with Crippen molar-refractivity contribution in [3.63, 3.8) is 0 Å². The summed E-state index contributed by atoms with van der Waals surface area (Å²) in [6.07, 6.45) is 0. The first-order valence-corrected chi connectivity index (χ1v) is 6.54. The molecule has 0 saturated heterocycles. The van der Waals surface area contributed by atoms with Gasteiger partial charge in [0, 0.05) is 18.1 Å². The number of hydrogen-bond donors (Lipinski definition) is 1. The van der Waals surface area contributed by atoms with Gasteiger partial charge < -0.3 is 14.7 Å². The molecule has 5 nitrogen and oxygen atoms in total. The minimum atomic E-state index is -0.923. The Morgan fingerprint density at radius 2 is 1.95 bits per heavy atom. The number of amides is 1. The molecule has 6 heteroatoms. The Labute approximate surface area is 120 Å². The fraction of sp³-hybridized carbons (Fsp3) is 0.385. The maximum Gasteiger partial charge on any atom is 0.308 e. The van der Waals surface area contributed by atoms with Crippen LogP contribution in [0.25, 0.3) is 0 Å². The van der Waals surface area contributed by atoms with Crippen molar-refractivity contribution in [1.29, 1.82) is 0 Å². The van der Waals surface area contributed by atoms with Gasteiger partial charge in [0.05, 0.1) is 5.92 Å². The molecule has 104 valence electrons. The van der Waals surface area contributed by atoms with Crippen LogP contribution in [-0.4, -0.2) is 42.1 Å². The molecule has 0 radical (unpaired) electrons. The van der Waals surface area contributed by atoms with Gasteiger partial charge in [-0.2, -0.15) is 0 Å². The first kappa shape index (κ1) is 15.5. The molecule has 0 aliphatic rings. The summed E-state index contributed by atoms with van der Waals surface area (Å²) >= 11 is 3.30. The van der Waals surface area contributed by atoms with Gasteiger partial charge in [-0.05, 0) is 24.3 Å². The number of ether oxygens (including phenoxy) is 1. The van der Waals surface area contributed by atoms with Crippen LogP contribution in [-0.2, 0) is 9.59 Å². The summed E-state index contributed by atoms with van der Waals surface area (Å²) in [5, 5.41) is 8.77. The van der Waals surface area contributed by atoms with E-state index in [0.29, 0.717) is 5.75 Å².